The van der Waals surface area contributed by atoms with Crippen LogP contribution < -0.4 is 11.1 Å². The van der Waals surface area contributed by atoms with E-state index in [0.717, 1.165) is 19.3 Å². The predicted octanol–water partition coefficient (Wildman–Crippen LogP) is 3.65. The number of nitrogens with zero attached hydrogens (tertiary/aromatic N) is 3. The van der Waals surface area contributed by atoms with Gasteiger partial charge in [0.05, 0.1) is 10.5 Å². The summed E-state index contributed by atoms with van der Waals surface area (Å²) in [7, 11) is 0. The van der Waals surface area contributed by atoms with Crippen molar-refractivity contribution < 1.29 is 18.8 Å². The third kappa shape index (κ3) is 4.68. The summed E-state index contributed by atoms with van der Waals surface area (Å²) in [6.45, 7) is 1.99. The number of hydrogen-bond acceptors (Lipinski definition) is 4. The lowest BCUT2D eigenvalue weighted by molar-refractivity contribution is -0.140. The molecular formula is C27H29ClFN5O3. The molecule has 2 aromatic carbocycles. The number of likely N-dealkylation sites (tertiary alicyclic amines) is 1. The molecule has 0 radical (unpaired) electrons. The topological polar surface area (TPSA) is 110 Å². The van der Waals surface area contributed by atoms with Crippen LogP contribution in [-0.2, 0) is 22.7 Å². The smallest absolute Gasteiger partial charge is 0.269 e. The van der Waals surface area contributed by atoms with E-state index in [1.165, 1.54) is 10.7 Å². The zero-order chi connectivity index (χ0) is 26.3. The van der Waals surface area contributed by atoms with Gasteiger partial charge in [0.15, 0.2) is 5.69 Å². The van der Waals surface area contributed by atoms with E-state index in [1.54, 1.807) is 41.3 Å². The molecule has 2 aliphatic rings. The van der Waals surface area contributed by atoms with Gasteiger partial charge in [0.1, 0.15) is 18.4 Å². The van der Waals surface area contributed by atoms with E-state index in [2.05, 4.69) is 17.3 Å². The minimum absolute atomic E-state index is 0.00450. The third-order valence-electron chi connectivity index (χ3n) is 7.58. The fraction of sp³-hybridized carbons (Fsp3) is 0.407. The Morgan fingerprint density at radius 1 is 1.19 bits per heavy atom. The highest BCUT2D eigenvalue weighted by atomic mass is 35.5. The van der Waals surface area contributed by atoms with Crippen molar-refractivity contribution >= 4 is 40.2 Å². The molecule has 5 rings (SSSR count). The van der Waals surface area contributed by atoms with Crippen LogP contribution in [-0.4, -0.2) is 44.5 Å². The molecule has 194 valence electrons. The van der Waals surface area contributed by atoms with E-state index < -0.39 is 17.8 Å². The number of piperidine rings is 1. The maximum Gasteiger partial charge on any atom is 0.269 e. The van der Waals surface area contributed by atoms with Crippen LogP contribution in [0.25, 0.3) is 10.9 Å². The molecule has 1 aliphatic carbocycles. The standard InChI is InChI=1S/C27H29ClFN5O3/c1-2-3-8-16-18-12-21(27(37)31-13-15-7-6-10-19(28)23(15)29)34(25(16)18)22(35)14-33-20-11-5-4-9-17(20)24(32-33)26(30)36/h4-7,9-11,16,18,21,25H,2-3,8,12-14H2,1H3,(H2,30,36)(H,31,37)/t16-,18+,21+,25?/m1/s1. The molecule has 4 atom stereocenters. The number of fused-ring (bicyclic) bond motifs is 2. The largest absolute Gasteiger partial charge is 0.364 e. The number of aromatic nitrogens is 2. The molecule has 3 amide bonds. The van der Waals surface area contributed by atoms with Crippen LogP contribution in [0.3, 0.4) is 0 Å². The summed E-state index contributed by atoms with van der Waals surface area (Å²) in [6.07, 6.45) is 3.71. The van der Waals surface area contributed by atoms with Crippen molar-refractivity contribution in [2.75, 3.05) is 0 Å². The van der Waals surface area contributed by atoms with Crippen LogP contribution in [0.5, 0.6) is 0 Å². The zero-order valence-corrected chi connectivity index (χ0v) is 21.2. The fourth-order valence-corrected chi connectivity index (χ4v) is 5.95. The second-order valence-electron chi connectivity index (χ2n) is 9.83. The summed E-state index contributed by atoms with van der Waals surface area (Å²) in [5.41, 5.74) is 6.51. The van der Waals surface area contributed by atoms with E-state index in [1.807, 2.05) is 0 Å². The van der Waals surface area contributed by atoms with Crippen LogP contribution in [0.2, 0.25) is 5.02 Å². The maximum atomic E-state index is 14.3. The second kappa shape index (κ2) is 10.1. The van der Waals surface area contributed by atoms with Gasteiger partial charge in [0.2, 0.25) is 11.8 Å². The number of carbonyl (C=O) groups is 3. The lowest BCUT2D eigenvalue weighted by Crippen LogP contribution is -2.49. The molecule has 3 N–H and O–H groups in total. The molecule has 2 fully saturated rings. The zero-order valence-electron chi connectivity index (χ0n) is 20.5. The van der Waals surface area contributed by atoms with Crippen LogP contribution in [0, 0.1) is 17.7 Å². The van der Waals surface area contributed by atoms with Gasteiger partial charge in [-0.1, -0.05) is 61.7 Å². The van der Waals surface area contributed by atoms with E-state index in [-0.39, 0.29) is 53.1 Å². The summed E-state index contributed by atoms with van der Waals surface area (Å²) in [6, 6.07) is 11.1. The second-order valence-corrected chi connectivity index (χ2v) is 10.2. The van der Waals surface area contributed by atoms with Gasteiger partial charge < -0.3 is 16.0 Å². The average Bonchev–Trinajstić information content (AvgIpc) is 3.21. The van der Waals surface area contributed by atoms with Gasteiger partial charge in [-0.25, -0.2) is 4.39 Å². The highest BCUT2D eigenvalue weighted by Gasteiger charge is 2.62. The number of amides is 3. The summed E-state index contributed by atoms with van der Waals surface area (Å²) in [5.74, 6) is -1.17. The van der Waals surface area contributed by atoms with Gasteiger partial charge in [-0.3, -0.25) is 19.1 Å². The highest BCUT2D eigenvalue weighted by molar-refractivity contribution is 6.30. The van der Waals surface area contributed by atoms with Gasteiger partial charge in [-0.15, -0.1) is 0 Å². The van der Waals surface area contributed by atoms with E-state index in [4.69, 9.17) is 17.3 Å². The number of unbranched alkanes of at least 4 members (excludes halogenated alkanes) is 1. The Balaban J connectivity index is 1.36. The third-order valence-corrected chi connectivity index (χ3v) is 7.87. The van der Waals surface area contributed by atoms with Crippen LogP contribution in [0.4, 0.5) is 4.39 Å². The molecule has 0 bridgehead atoms. The number of nitrogens with two attached hydrogens (primary N) is 1. The minimum Gasteiger partial charge on any atom is -0.364 e. The molecule has 10 heteroatoms. The fourth-order valence-electron chi connectivity index (χ4n) is 5.75. The molecule has 1 aromatic heterocycles. The van der Waals surface area contributed by atoms with Gasteiger partial charge in [0, 0.05) is 23.5 Å². The number of para-hydroxylation sites is 1. The lowest BCUT2D eigenvalue weighted by Gasteiger charge is -2.28. The Bertz CT molecular complexity index is 1380. The quantitative estimate of drug-likeness (QED) is 0.444. The van der Waals surface area contributed by atoms with Crippen molar-refractivity contribution in [3.8, 4) is 0 Å². The lowest BCUT2D eigenvalue weighted by atomic mass is 10.0. The van der Waals surface area contributed by atoms with Gasteiger partial charge in [-0.2, -0.15) is 5.10 Å². The van der Waals surface area contributed by atoms with Gasteiger partial charge >= 0.3 is 0 Å². The van der Waals surface area contributed by atoms with Gasteiger partial charge in [0.25, 0.3) is 5.91 Å². The van der Waals surface area contributed by atoms with Crippen LogP contribution in [0.15, 0.2) is 42.5 Å². The van der Waals surface area contributed by atoms with Crippen molar-refractivity contribution in [1.29, 1.82) is 0 Å². The number of benzene rings is 2. The molecule has 8 nitrogen and oxygen atoms in total. The molecule has 1 saturated carbocycles. The first-order chi connectivity index (χ1) is 17.8. The SMILES string of the molecule is CCCC[C@H]1C2[C@H]1C[C@@H](C(=O)NCc1cccc(Cl)c1F)N2C(=O)Cn1nc(C(N)=O)c2ccccc21. The molecule has 1 aliphatic heterocycles. The Labute approximate surface area is 218 Å². The first-order valence-corrected chi connectivity index (χ1v) is 13.0. The van der Waals surface area contributed by atoms with Crippen molar-refractivity contribution in [3.05, 3.63) is 64.6 Å². The summed E-state index contributed by atoms with van der Waals surface area (Å²) in [4.78, 5) is 40.5. The number of primary amides is 1. The molecular weight excluding hydrogens is 497 g/mol. The number of rotatable bonds is 9. The normalized spacial score (nSPS) is 22.2. The average molecular weight is 526 g/mol. The molecule has 1 saturated heterocycles. The Morgan fingerprint density at radius 3 is 2.73 bits per heavy atom. The first-order valence-electron chi connectivity index (χ1n) is 12.6. The predicted molar refractivity (Wildman–Crippen MR) is 137 cm³/mol. The van der Waals surface area contributed by atoms with Gasteiger partial charge in [-0.05, 0) is 36.8 Å². The summed E-state index contributed by atoms with van der Waals surface area (Å²) < 4.78 is 15.8. The molecule has 0 spiro atoms. The van der Waals surface area contributed by atoms with Crippen molar-refractivity contribution in [1.82, 2.24) is 20.0 Å². The molecule has 3 aromatic rings. The minimum atomic E-state index is -0.670. The molecule has 2 heterocycles. The Morgan fingerprint density at radius 2 is 1.97 bits per heavy atom. The number of halogens is 2. The molecule has 37 heavy (non-hydrogen) atoms. The number of nitrogens with one attached hydrogen (secondary N) is 1. The van der Waals surface area contributed by atoms with Crippen LogP contribution in [0.1, 0.15) is 48.7 Å². The summed E-state index contributed by atoms with van der Waals surface area (Å²) >= 11 is 5.87. The monoisotopic (exact) mass is 525 g/mol. The first kappa shape index (κ1) is 25.2. The van der Waals surface area contributed by atoms with Crippen molar-refractivity contribution in [3.63, 3.8) is 0 Å². The Kier molecular flexibility index (Phi) is 6.90. The van der Waals surface area contributed by atoms with E-state index in [9.17, 15) is 18.8 Å². The van der Waals surface area contributed by atoms with E-state index in [0.29, 0.717) is 23.2 Å². The van der Waals surface area contributed by atoms with Crippen molar-refractivity contribution in [2.45, 2.75) is 57.8 Å². The highest BCUT2D eigenvalue weighted by Crippen LogP contribution is 2.55. The maximum absolute atomic E-state index is 14.3. The van der Waals surface area contributed by atoms with Crippen LogP contribution >= 0.6 is 11.6 Å². The Hall–Kier alpha value is -3.46. The number of carbonyl (C=O) groups excluding carboxylic acids is 3. The van der Waals surface area contributed by atoms with Crippen molar-refractivity contribution in [2.24, 2.45) is 17.6 Å². The van der Waals surface area contributed by atoms with E-state index >= 15 is 0 Å². The summed E-state index contributed by atoms with van der Waals surface area (Å²) in [5, 5.41) is 7.67. The molecule has 1 unspecified atom stereocenters. The number of hydrogen-bond donors (Lipinski definition) is 2.